The molecule has 1 aliphatic rings. The number of hydrogen-bond donors (Lipinski definition) is 1. The second-order valence-corrected chi connectivity index (χ2v) is 6.82. The predicted octanol–water partition coefficient (Wildman–Crippen LogP) is 1.98. The van der Waals surface area contributed by atoms with E-state index in [4.69, 9.17) is 4.74 Å². The second-order valence-electron chi connectivity index (χ2n) is 5.17. The monoisotopic (exact) mass is 315 g/mol. The molecule has 0 spiro atoms. The Hall–Kier alpha value is -1.47. The number of rotatable bonds is 4. The summed E-state index contributed by atoms with van der Waals surface area (Å²) < 4.78 is 45.6. The number of hydrogen-bond acceptors (Lipinski definition) is 4. The molecule has 2 rings (SSSR count). The van der Waals surface area contributed by atoms with Crippen molar-refractivity contribution in [3.05, 3.63) is 30.1 Å². The second kappa shape index (κ2) is 6.11. The van der Waals surface area contributed by atoms with Crippen LogP contribution < -0.4 is 4.72 Å². The van der Waals surface area contributed by atoms with E-state index in [-0.39, 0.29) is 0 Å². The smallest absolute Gasteiger partial charge is 0.327 e. The minimum atomic E-state index is -4.13. The van der Waals surface area contributed by atoms with Crippen molar-refractivity contribution in [2.24, 2.45) is 0 Å². The van der Waals surface area contributed by atoms with Crippen LogP contribution in [0, 0.1) is 5.82 Å². The van der Waals surface area contributed by atoms with Gasteiger partial charge in [-0.1, -0.05) is 31.4 Å². The highest BCUT2D eigenvalue weighted by Crippen LogP contribution is 2.31. The van der Waals surface area contributed by atoms with Crippen LogP contribution in [0.15, 0.2) is 29.2 Å². The van der Waals surface area contributed by atoms with Gasteiger partial charge >= 0.3 is 5.97 Å². The van der Waals surface area contributed by atoms with Gasteiger partial charge in [-0.3, -0.25) is 4.79 Å². The van der Waals surface area contributed by atoms with E-state index in [2.05, 4.69) is 4.72 Å². The Morgan fingerprint density at radius 2 is 1.86 bits per heavy atom. The van der Waals surface area contributed by atoms with E-state index in [9.17, 15) is 17.6 Å². The summed E-state index contributed by atoms with van der Waals surface area (Å²) in [6.45, 7) is 0. The number of esters is 1. The number of methoxy groups -OCH3 is 1. The maximum absolute atomic E-state index is 13.7. The lowest BCUT2D eigenvalue weighted by molar-refractivity contribution is -0.149. The average molecular weight is 315 g/mol. The first-order chi connectivity index (χ1) is 9.91. The zero-order valence-corrected chi connectivity index (χ0v) is 12.6. The topological polar surface area (TPSA) is 72.5 Å². The molecule has 1 saturated carbocycles. The minimum Gasteiger partial charge on any atom is -0.468 e. The molecular weight excluding hydrogens is 297 g/mol. The average Bonchev–Trinajstić information content (AvgIpc) is 2.47. The predicted molar refractivity (Wildman–Crippen MR) is 74.6 cm³/mol. The molecule has 5 nitrogen and oxygen atoms in total. The first-order valence-corrected chi connectivity index (χ1v) is 8.26. The van der Waals surface area contributed by atoms with Crippen molar-refractivity contribution < 1.29 is 22.3 Å². The summed E-state index contributed by atoms with van der Waals surface area (Å²) in [4.78, 5) is 11.6. The van der Waals surface area contributed by atoms with E-state index < -0.39 is 32.2 Å². The van der Waals surface area contributed by atoms with Crippen molar-refractivity contribution in [2.45, 2.75) is 42.5 Å². The quantitative estimate of drug-likeness (QED) is 0.862. The highest BCUT2D eigenvalue weighted by Gasteiger charge is 2.44. The van der Waals surface area contributed by atoms with Crippen LogP contribution in [0.25, 0.3) is 0 Å². The van der Waals surface area contributed by atoms with Gasteiger partial charge in [0.05, 0.1) is 7.11 Å². The standard InChI is InChI=1S/C14H18FNO4S/c1-20-13(17)14(9-5-2-6-10-14)16-21(18,19)12-8-4-3-7-11(12)15/h3-4,7-8,16H,2,5-6,9-10H2,1H3. The molecule has 0 heterocycles. The normalized spacial score (nSPS) is 18.2. The molecule has 1 aromatic rings. The lowest BCUT2D eigenvalue weighted by atomic mass is 9.83. The summed E-state index contributed by atoms with van der Waals surface area (Å²) in [7, 11) is -2.91. The zero-order chi connectivity index (χ0) is 15.5. The van der Waals surface area contributed by atoms with Gasteiger partial charge in [-0.25, -0.2) is 12.8 Å². The number of carbonyl (C=O) groups is 1. The Morgan fingerprint density at radius 3 is 2.43 bits per heavy atom. The van der Waals surface area contributed by atoms with Crippen LogP contribution in [0.4, 0.5) is 4.39 Å². The zero-order valence-electron chi connectivity index (χ0n) is 11.8. The number of carbonyl (C=O) groups excluding carboxylic acids is 1. The number of sulfonamides is 1. The van der Waals surface area contributed by atoms with Crippen LogP contribution in [0.5, 0.6) is 0 Å². The van der Waals surface area contributed by atoms with Gasteiger partial charge in [0, 0.05) is 0 Å². The molecule has 0 aliphatic heterocycles. The molecule has 7 heteroatoms. The third kappa shape index (κ3) is 3.24. The van der Waals surface area contributed by atoms with E-state index in [0.717, 1.165) is 25.3 Å². The van der Waals surface area contributed by atoms with Crippen LogP contribution in [0.2, 0.25) is 0 Å². The molecule has 21 heavy (non-hydrogen) atoms. The minimum absolute atomic E-state index is 0.355. The van der Waals surface area contributed by atoms with Crippen molar-refractivity contribution in [3.8, 4) is 0 Å². The Morgan fingerprint density at radius 1 is 1.24 bits per heavy atom. The van der Waals surface area contributed by atoms with Gasteiger partial charge in [-0.2, -0.15) is 4.72 Å². The molecular formula is C14H18FNO4S. The molecule has 0 amide bonds. The van der Waals surface area contributed by atoms with E-state index in [1.807, 2.05) is 0 Å². The van der Waals surface area contributed by atoms with Crippen LogP contribution >= 0.6 is 0 Å². The molecule has 0 saturated heterocycles. The van der Waals surface area contributed by atoms with Crippen molar-refractivity contribution in [3.63, 3.8) is 0 Å². The van der Waals surface area contributed by atoms with E-state index in [1.165, 1.54) is 25.3 Å². The molecule has 0 atom stereocenters. The highest BCUT2D eigenvalue weighted by molar-refractivity contribution is 7.89. The maximum Gasteiger partial charge on any atom is 0.327 e. The van der Waals surface area contributed by atoms with Gasteiger partial charge in [-0.15, -0.1) is 0 Å². The molecule has 0 aromatic heterocycles. The Bertz CT molecular complexity index is 624. The lowest BCUT2D eigenvalue weighted by Gasteiger charge is -2.34. The molecule has 1 aliphatic carbocycles. The number of nitrogens with one attached hydrogen (secondary N) is 1. The van der Waals surface area contributed by atoms with Gasteiger partial charge in [0.25, 0.3) is 0 Å². The van der Waals surface area contributed by atoms with Crippen molar-refractivity contribution >= 4 is 16.0 Å². The van der Waals surface area contributed by atoms with E-state index in [0.29, 0.717) is 12.8 Å². The SMILES string of the molecule is COC(=O)C1(NS(=O)(=O)c2ccccc2F)CCCCC1. The number of ether oxygens (including phenoxy) is 1. The summed E-state index contributed by atoms with van der Waals surface area (Å²) in [6, 6.07) is 5.08. The van der Waals surface area contributed by atoms with Crippen molar-refractivity contribution in [2.75, 3.05) is 7.11 Å². The molecule has 0 radical (unpaired) electrons. The fourth-order valence-electron chi connectivity index (χ4n) is 2.67. The maximum atomic E-state index is 13.7. The summed E-state index contributed by atoms with van der Waals surface area (Å²) in [5.74, 6) is -1.47. The van der Waals surface area contributed by atoms with Crippen LogP contribution in [0.3, 0.4) is 0 Å². The van der Waals surface area contributed by atoms with Gasteiger partial charge in [0.15, 0.2) is 0 Å². The van der Waals surface area contributed by atoms with Gasteiger partial charge in [0.2, 0.25) is 10.0 Å². The van der Waals surface area contributed by atoms with Gasteiger partial charge in [0.1, 0.15) is 16.3 Å². The first kappa shape index (κ1) is 15.9. The van der Waals surface area contributed by atoms with Crippen molar-refractivity contribution in [1.29, 1.82) is 0 Å². The van der Waals surface area contributed by atoms with Crippen LogP contribution in [0.1, 0.15) is 32.1 Å². The molecule has 0 bridgehead atoms. The summed E-state index contributed by atoms with van der Waals surface area (Å²) >= 11 is 0. The molecule has 0 unspecified atom stereocenters. The molecule has 116 valence electrons. The Balaban J connectivity index is 2.36. The third-order valence-corrected chi connectivity index (χ3v) is 5.31. The van der Waals surface area contributed by atoms with Crippen molar-refractivity contribution in [1.82, 2.24) is 4.72 Å². The summed E-state index contributed by atoms with van der Waals surface area (Å²) in [6.07, 6.45) is 3.07. The molecule has 1 aromatic carbocycles. The van der Waals surface area contributed by atoms with Gasteiger partial charge in [-0.05, 0) is 25.0 Å². The van der Waals surface area contributed by atoms with Crippen LogP contribution in [-0.4, -0.2) is 27.0 Å². The van der Waals surface area contributed by atoms with E-state index >= 15 is 0 Å². The Labute approximate surface area is 123 Å². The highest BCUT2D eigenvalue weighted by atomic mass is 32.2. The fraction of sp³-hybridized carbons (Fsp3) is 0.500. The number of benzene rings is 1. The first-order valence-electron chi connectivity index (χ1n) is 6.78. The summed E-state index contributed by atoms with van der Waals surface area (Å²) in [5, 5.41) is 0. The summed E-state index contributed by atoms with van der Waals surface area (Å²) in [5.41, 5.74) is -1.30. The number of halogens is 1. The molecule has 1 N–H and O–H groups in total. The van der Waals surface area contributed by atoms with Crippen LogP contribution in [-0.2, 0) is 19.6 Å². The molecule has 1 fully saturated rings. The Kier molecular flexibility index (Phi) is 4.63. The van der Waals surface area contributed by atoms with E-state index in [1.54, 1.807) is 0 Å². The third-order valence-electron chi connectivity index (χ3n) is 3.74. The lowest BCUT2D eigenvalue weighted by Crippen LogP contribution is -2.56. The largest absolute Gasteiger partial charge is 0.468 e. The van der Waals surface area contributed by atoms with Gasteiger partial charge < -0.3 is 4.74 Å². The fourth-order valence-corrected chi connectivity index (χ4v) is 4.17.